The molecule has 1 aromatic heterocycles. The summed E-state index contributed by atoms with van der Waals surface area (Å²) in [6.45, 7) is 3.97. The number of benzene rings is 1. The van der Waals surface area contributed by atoms with Crippen LogP contribution in [0.2, 0.25) is 0 Å². The normalized spacial score (nSPS) is 15.0. The van der Waals surface area contributed by atoms with Gasteiger partial charge in [-0.25, -0.2) is 4.98 Å². The Labute approximate surface area is 125 Å². The summed E-state index contributed by atoms with van der Waals surface area (Å²) in [6.07, 6.45) is 3.72. The van der Waals surface area contributed by atoms with Crippen molar-refractivity contribution in [1.29, 1.82) is 0 Å². The molecular weight excluding hydrogens is 264 g/mol. The van der Waals surface area contributed by atoms with Gasteiger partial charge in [0.2, 0.25) is 0 Å². The minimum Gasteiger partial charge on any atom is -0.497 e. The highest BCUT2D eigenvalue weighted by Crippen LogP contribution is 2.29. The largest absolute Gasteiger partial charge is 0.497 e. The first kappa shape index (κ1) is 13.8. The van der Waals surface area contributed by atoms with Gasteiger partial charge in [-0.15, -0.1) is 10.2 Å². The standard InChI is InChI=1S/C16H20N4O/c1-12-17-16(20-10-4-3-5-11-20)15(19-18-12)13-6-8-14(21-2)9-7-13/h6-9H,3-5,10-11H2,1-2H3. The number of aryl methyl sites for hydroxylation is 1. The fraction of sp³-hybridized carbons (Fsp3) is 0.438. The van der Waals surface area contributed by atoms with E-state index in [-0.39, 0.29) is 0 Å². The van der Waals surface area contributed by atoms with E-state index in [0.717, 1.165) is 35.9 Å². The summed E-state index contributed by atoms with van der Waals surface area (Å²) < 4.78 is 5.21. The van der Waals surface area contributed by atoms with Crippen molar-refractivity contribution >= 4 is 5.82 Å². The van der Waals surface area contributed by atoms with E-state index in [1.165, 1.54) is 19.3 Å². The molecule has 2 heterocycles. The van der Waals surface area contributed by atoms with Crippen molar-refractivity contribution < 1.29 is 4.74 Å². The summed E-state index contributed by atoms with van der Waals surface area (Å²) in [6, 6.07) is 7.90. The van der Waals surface area contributed by atoms with Crippen molar-refractivity contribution in [2.45, 2.75) is 26.2 Å². The number of rotatable bonds is 3. The van der Waals surface area contributed by atoms with Gasteiger partial charge < -0.3 is 9.64 Å². The Balaban J connectivity index is 1.99. The zero-order valence-corrected chi connectivity index (χ0v) is 12.5. The van der Waals surface area contributed by atoms with E-state index in [9.17, 15) is 0 Å². The molecule has 2 aromatic rings. The van der Waals surface area contributed by atoms with Crippen molar-refractivity contribution in [3.8, 4) is 17.0 Å². The lowest BCUT2D eigenvalue weighted by atomic mass is 10.1. The summed E-state index contributed by atoms with van der Waals surface area (Å²) in [5, 5.41) is 8.52. The summed E-state index contributed by atoms with van der Waals surface area (Å²) >= 11 is 0. The Bertz CT molecular complexity index is 606. The summed E-state index contributed by atoms with van der Waals surface area (Å²) in [5.74, 6) is 2.51. The molecule has 1 aliphatic heterocycles. The Morgan fingerprint density at radius 3 is 2.38 bits per heavy atom. The maximum absolute atomic E-state index is 5.21. The van der Waals surface area contributed by atoms with Crippen LogP contribution in [0.4, 0.5) is 5.82 Å². The van der Waals surface area contributed by atoms with Gasteiger partial charge in [0, 0.05) is 18.7 Å². The van der Waals surface area contributed by atoms with Gasteiger partial charge in [-0.3, -0.25) is 0 Å². The van der Waals surface area contributed by atoms with E-state index in [2.05, 4.69) is 20.1 Å². The third-order valence-corrected chi connectivity index (χ3v) is 3.79. The Morgan fingerprint density at radius 2 is 1.71 bits per heavy atom. The van der Waals surface area contributed by atoms with Crippen LogP contribution in [-0.4, -0.2) is 35.4 Å². The molecule has 1 saturated heterocycles. The second-order valence-electron chi connectivity index (χ2n) is 5.31. The lowest BCUT2D eigenvalue weighted by Gasteiger charge is -2.28. The van der Waals surface area contributed by atoms with Gasteiger partial charge in [0.05, 0.1) is 7.11 Å². The van der Waals surface area contributed by atoms with Crippen LogP contribution in [0.5, 0.6) is 5.75 Å². The summed E-state index contributed by atoms with van der Waals surface area (Å²) in [5.41, 5.74) is 1.88. The minimum absolute atomic E-state index is 0.716. The third kappa shape index (κ3) is 2.96. The molecule has 0 saturated carbocycles. The Hall–Kier alpha value is -2.17. The van der Waals surface area contributed by atoms with Gasteiger partial charge in [-0.1, -0.05) is 0 Å². The molecule has 1 aliphatic rings. The quantitative estimate of drug-likeness (QED) is 0.867. The average molecular weight is 284 g/mol. The molecule has 1 fully saturated rings. The van der Waals surface area contributed by atoms with Gasteiger partial charge >= 0.3 is 0 Å². The number of hydrogen-bond acceptors (Lipinski definition) is 5. The second kappa shape index (κ2) is 6.08. The van der Waals surface area contributed by atoms with Crippen LogP contribution in [0, 0.1) is 6.92 Å². The molecule has 3 rings (SSSR count). The molecule has 110 valence electrons. The Morgan fingerprint density at radius 1 is 1.00 bits per heavy atom. The van der Waals surface area contributed by atoms with Crippen LogP contribution in [-0.2, 0) is 0 Å². The zero-order valence-electron chi connectivity index (χ0n) is 12.5. The fourth-order valence-electron chi connectivity index (χ4n) is 2.66. The maximum atomic E-state index is 5.21. The van der Waals surface area contributed by atoms with Crippen LogP contribution < -0.4 is 9.64 Å². The van der Waals surface area contributed by atoms with Gasteiger partial charge in [0.1, 0.15) is 17.3 Å². The first-order valence-electron chi connectivity index (χ1n) is 7.38. The van der Waals surface area contributed by atoms with Gasteiger partial charge in [0.15, 0.2) is 5.82 Å². The number of hydrogen-bond donors (Lipinski definition) is 0. The maximum Gasteiger partial charge on any atom is 0.159 e. The number of piperidine rings is 1. The zero-order chi connectivity index (χ0) is 14.7. The first-order chi connectivity index (χ1) is 10.3. The van der Waals surface area contributed by atoms with Crippen LogP contribution in [0.3, 0.4) is 0 Å². The smallest absolute Gasteiger partial charge is 0.159 e. The van der Waals surface area contributed by atoms with E-state index in [4.69, 9.17) is 4.74 Å². The molecule has 0 atom stereocenters. The average Bonchev–Trinajstić information content (AvgIpc) is 2.56. The van der Waals surface area contributed by atoms with Crippen LogP contribution in [0.25, 0.3) is 11.3 Å². The summed E-state index contributed by atoms with van der Waals surface area (Å²) in [4.78, 5) is 6.96. The topological polar surface area (TPSA) is 51.1 Å². The molecule has 0 unspecified atom stereocenters. The van der Waals surface area contributed by atoms with E-state index in [0.29, 0.717) is 5.82 Å². The molecule has 0 N–H and O–H groups in total. The molecule has 5 heteroatoms. The third-order valence-electron chi connectivity index (χ3n) is 3.79. The number of anilines is 1. The summed E-state index contributed by atoms with van der Waals surface area (Å²) in [7, 11) is 1.67. The monoisotopic (exact) mass is 284 g/mol. The molecule has 0 amide bonds. The van der Waals surface area contributed by atoms with E-state index in [1.54, 1.807) is 7.11 Å². The molecule has 21 heavy (non-hydrogen) atoms. The van der Waals surface area contributed by atoms with Gasteiger partial charge in [-0.2, -0.15) is 0 Å². The van der Waals surface area contributed by atoms with E-state index >= 15 is 0 Å². The van der Waals surface area contributed by atoms with Crippen molar-refractivity contribution in [2.75, 3.05) is 25.1 Å². The number of methoxy groups -OCH3 is 1. The van der Waals surface area contributed by atoms with Crippen LogP contribution in [0.15, 0.2) is 24.3 Å². The highest BCUT2D eigenvalue weighted by atomic mass is 16.5. The first-order valence-corrected chi connectivity index (χ1v) is 7.38. The SMILES string of the molecule is COc1ccc(-c2nnc(C)nc2N2CCCCC2)cc1. The molecular formula is C16H20N4O. The lowest BCUT2D eigenvalue weighted by molar-refractivity contribution is 0.415. The number of nitrogens with zero attached hydrogens (tertiary/aromatic N) is 4. The Kier molecular flexibility index (Phi) is 3.99. The van der Waals surface area contributed by atoms with Crippen molar-refractivity contribution in [3.05, 3.63) is 30.1 Å². The predicted octanol–water partition coefficient (Wildman–Crippen LogP) is 2.85. The van der Waals surface area contributed by atoms with E-state index in [1.807, 2.05) is 31.2 Å². The number of ether oxygens (including phenoxy) is 1. The molecule has 0 radical (unpaired) electrons. The van der Waals surface area contributed by atoms with Gasteiger partial charge in [0.25, 0.3) is 0 Å². The number of aromatic nitrogens is 3. The molecule has 0 bridgehead atoms. The van der Waals surface area contributed by atoms with Crippen LogP contribution in [0.1, 0.15) is 25.1 Å². The second-order valence-corrected chi connectivity index (χ2v) is 5.31. The molecule has 0 spiro atoms. The van der Waals surface area contributed by atoms with Gasteiger partial charge in [-0.05, 0) is 50.5 Å². The minimum atomic E-state index is 0.716. The highest BCUT2D eigenvalue weighted by Gasteiger charge is 2.19. The lowest BCUT2D eigenvalue weighted by Crippen LogP contribution is -2.31. The fourth-order valence-corrected chi connectivity index (χ4v) is 2.66. The molecule has 5 nitrogen and oxygen atoms in total. The van der Waals surface area contributed by atoms with Crippen molar-refractivity contribution in [1.82, 2.24) is 15.2 Å². The highest BCUT2D eigenvalue weighted by molar-refractivity contribution is 5.72. The molecule has 1 aromatic carbocycles. The molecule has 0 aliphatic carbocycles. The van der Waals surface area contributed by atoms with Crippen molar-refractivity contribution in [2.24, 2.45) is 0 Å². The predicted molar refractivity (Wildman–Crippen MR) is 82.6 cm³/mol. The van der Waals surface area contributed by atoms with Crippen LogP contribution >= 0.6 is 0 Å². The van der Waals surface area contributed by atoms with Crippen molar-refractivity contribution in [3.63, 3.8) is 0 Å². The van der Waals surface area contributed by atoms with E-state index < -0.39 is 0 Å².